The quantitative estimate of drug-likeness (QED) is 0.416. The van der Waals surface area contributed by atoms with E-state index in [-0.39, 0.29) is 17.9 Å². The fourth-order valence-corrected chi connectivity index (χ4v) is 0.895. The fourth-order valence-electron chi connectivity index (χ4n) is 0.895. The summed E-state index contributed by atoms with van der Waals surface area (Å²) in [5.41, 5.74) is 0.218. The Balaban J connectivity index is 2.83. The number of rotatable bonds is 3. The topological polar surface area (TPSA) is 69.4 Å². The van der Waals surface area contributed by atoms with Gasteiger partial charge >= 0.3 is 5.97 Å². The molecule has 0 amide bonds. The van der Waals surface area contributed by atoms with Crippen LogP contribution in [0, 0.1) is 17.0 Å². The van der Waals surface area contributed by atoms with Crippen LogP contribution >= 0.6 is 0 Å². The molecule has 5 heteroatoms. The van der Waals surface area contributed by atoms with E-state index in [1.54, 1.807) is 0 Å². The van der Waals surface area contributed by atoms with E-state index in [9.17, 15) is 14.9 Å². The van der Waals surface area contributed by atoms with Crippen molar-refractivity contribution in [2.45, 2.75) is 0 Å². The standard InChI is InChI=1S/C9H8NO4/c1-2-14-9(11)7-3-5-8(6-4-7)10(12)13/h3-6H,1-2H2. The highest BCUT2D eigenvalue weighted by atomic mass is 16.6. The van der Waals surface area contributed by atoms with Crippen molar-refractivity contribution in [3.05, 3.63) is 46.9 Å². The summed E-state index contributed by atoms with van der Waals surface area (Å²) in [4.78, 5) is 20.8. The molecule has 0 aliphatic carbocycles. The van der Waals surface area contributed by atoms with Gasteiger partial charge in [0, 0.05) is 12.1 Å². The number of hydrogen-bond donors (Lipinski definition) is 0. The van der Waals surface area contributed by atoms with Gasteiger partial charge < -0.3 is 4.74 Å². The number of carbonyl (C=O) groups excluding carboxylic acids is 1. The molecule has 5 nitrogen and oxygen atoms in total. The van der Waals surface area contributed by atoms with Gasteiger partial charge in [-0.05, 0) is 19.1 Å². The molecule has 0 atom stereocenters. The van der Waals surface area contributed by atoms with E-state index in [2.05, 4.69) is 11.7 Å². The lowest BCUT2D eigenvalue weighted by Gasteiger charge is -2.00. The molecule has 1 aromatic rings. The van der Waals surface area contributed by atoms with Crippen LogP contribution in [0.15, 0.2) is 24.3 Å². The molecule has 0 unspecified atom stereocenters. The van der Waals surface area contributed by atoms with E-state index < -0.39 is 10.9 Å². The number of ether oxygens (including phenoxy) is 1. The van der Waals surface area contributed by atoms with Crippen LogP contribution in [0.1, 0.15) is 10.4 Å². The highest BCUT2D eigenvalue weighted by Crippen LogP contribution is 2.12. The predicted octanol–water partition coefficient (Wildman–Crippen LogP) is 1.59. The third kappa shape index (κ3) is 2.29. The number of hydrogen-bond acceptors (Lipinski definition) is 4. The molecule has 1 rings (SSSR count). The molecule has 0 fully saturated rings. The number of carbonyl (C=O) groups is 1. The van der Waals surface area contributed by atoms with Crippen molar-refractivity contribution in [3.8, 4) is 0 Å². The van der Waals surface area contributed by atoms with Gasteiger partial charge in [-0.2, -0.15) is 0 Å². The monoisotopic (exact) mass is 194 g/mol. The van der Waals surface area contributed by atoms with Gasteiger partial charge in [0.15, 0.2) is 0 Å². The lowest BCUT2D eigenvalue weighted by molar-refractivity contribution is -0.384. The molecule has 0 aliphatic heterocycles. The van der Waals surface area contributed by atoms with E-state index in [1.807, 2.05) is 0 Å². The molecule has 0 N–H and O–H groups in total. The fraction of sp³-hybridized carbons (Fsp3) is 0.111. The Bertz CT molecular complexity index is 344. The molecule has 0 aromatic heterocycles. The zero-order valence-electron chi connectivity index (χ0n) is 7.30. The van der Waals surface area contributed by atoms with Crippen molar-refractivity contribution < 1.29 is 14.5 Å². The van der Waals surface area contributed by atoms with Crippen molar-refractivity contribution >= 4 is 11.7 Å². The maximum absolute atomic E-state index is 11.1. The lowest BCUT2D eigenvalue weighted by atomic mass is 10.2. The summed E-state index contributed by atoms with van der Waals surface area (Å²) in [7, 11) is 0. The Labute approximate surface area is 80.5 Å². The molecule has 73 valence electrons. The maximum atomic E-state index is 11.1. The SMILES string of the molecule is [CH2]COC(=O)c1ccc([N+](=O)[O-])cc1. The summed E-state index contributed by atoms with van der Waals surface area (Å²) in [6.45, 7) is 3.38. The van der Waals surface area contributed by atoms with E-state index in [0.29, 0.717) is 0 Å². The Morgan fingerprint density at radius 2 is 2.00 bits per heavy atom. The number of nitro benzene ring substituents is 1. The summed E-state index contributed by atoms with van der Waals surface area (Å²) in [5.74, 6) is -0.533. The molecule has 0 bridgehead atoms. The highest BCUT2D eigenvalue weighted by molar-refractivity contribution is 5.89. The zero-order chi connectivity index (χ0) is 10.6. The van der Waals surface area contributed by atoms with Gasteiger partial charge in [-0.25, -0.2) is 4.79 Å². The van der Waals surface area contributed by atoms with Crippen molar-refractivity contribution in [3.63, 3.8) is 0 Å². The number of nitro groups is 1. The minimum atomic E-state index is -0.533. The van der Waals surface area contributed by atoms with Crippen LogP contribution in [0.3, 0.4) is 0 Å². The number of esters is 1. The molecule has 0 heterocycles. The van der Waals surface area contributed by atoms with Crippen LogP contribution in [0.25, 0.3) is 0 Å². The molecular formula is C9H8NO4. The van der Waals surface area contributed by atoms with E-state index in [4.69, 9.17) is 0 Å². The van der Waals surface area contributed by atoms with Crippen LogP contribution in [0.2, 0.25) is 0 Å². The summed E-state index contributed by atoms with van der Waals surface area (Å²) in [6, 6.07) is 5.19. The van der Waals surface area contributed by atoms with Gasteiger partial charge in [-0.1, -0.05) is 0 Å². The van der Waals surface area contributed by atoms with Crippen LogP contribution in [-0.4, -0.2) is 17.5 Å². The first-order valence-corrected chi connectivity index (χ1v) is 3.86. The molecule has 1 radical (unpaired) electrons. The average molecular weight is 194 g/mol. The minimum absolute atomic E-state index is 0.0375. The second-order valence-corrected chi connectivity index (χ2v) is 2.44. The Hall–Kier alpha value is -1.91. The molecule has 1 aromatic carbocycles. The first kappa shape index (κ1) is 10.2. The highest BCUT2D eigenvalue weighted by Gasteiger charge is 2.09. The van der Waals surface area contributed by atoms with Gasteiger partial charge in [0.2, 0.25) is 0 Å². The number of nitrogens with zero attached hydrogens (tertiary/aromatic N) is 1. The molecular weight excluding hydrogens is 186 g/mol. The van der Waals surface area contributed by atoms with E-state index in [0.717, 1.165) is 0 Å². The molecule has 14 heavy (non-hydrogen) atoms. The average Bonchev–Trinajstić information content (AvgIpc) is 2.18. The third-order valence-electron chi connectivity index (χ3n) is 1.55. The summed E-state index contributed by atoms with van der Waals surface area (Å²) < 4.78 is 4.61. The van der Waals surface area contributed by atoms with Crippen molar-refractivity contribution in [1.82, 2.24) is 0 Å². The van der Waals surface area contributed by atoms with Crippen LogP contribution in [0.5, 0.6) is 0 Å². The van der Waals surface area contributed by atoms with Crippen LogP contribution in [-0.2, 0) is 4.74 Å². The largest absolute Gasteiger partial charge is 0.462 e. The second-order valence-electron chi connectivity index (χ2n) is 2.44. The number of benzene rings is 1. The Kier molecular flexibility index (Phi) is 3.17. The molecule has 0 saturated heterocycles. The lowest BCUT2D eigenvalue weighted by Crippen LogP contribution is -2.04. The van der Waals surface area contributed by atoms with E-state index in [1.165, 1.54) is 24.3 Å². The van der Waals surface area contributed by atoms with Crippen LogP contribution < -0.4 is 0 Å². The normalized spacial score (nSPS) is 9.50. The van der Waals surface area contributed by atoms with Gasteiger partial charge in [0.25, 0.3) is 5.69 Å². The smallest absolute Gasteiger partial charge is 0.338 e. The first-order chi connectivity index (χ1) is 6.65. The first-order valence-electron chi connectivity index (χ1n) is 3.86. The molecule has 0 spiro atoms. The minimum Gasteiger partial charge on any atom is -0.462 e. The second kappa shape index (κ2) is 4.36. The number of non-ortho nitro benzene ring substituents is 1. The van der Waals surface area contributed by atoms with Gasteiger partial charge in [0.1, 0.15) is 0 Å². The zero-order valence-corrected chi connectivity index (χ0v) is 7.30. The Morgan fingerprint density at radius 3 is 2.43 bits per heavy atom. The van der Waals surface area contributed by atoms with Gasteiger partial charge in [0.05, 0.1) is 17.1 Å². The van der Waals surface area contributed by atoms with Crippen molar-refractivity contribution in [2.75, 3.05) is 6.61 Å². The maximum Gasteiger partial charge on any atom is 0.338 e. The van der Waals surface area contributed by atoms with E-state index >= 15 is 0 Å². The molecule has 0 aliphatic rings. The summed E-state index contributed by atoms with van der Waals surface area (Å²) >= 11 is 0. The van der Waals surface area contributed by atoms with Crippen molar-refractivity contribution in [2.24, 2.45) is 0 Å². The summed E-state index contributed by atoms with van der Waals surface area (Å²) in [5, 5.41) is 10.3. The van der Waals surface area contributed by atoms with Crippen LogP contribution in [0.4, 0.5) is 5.69 Å². The Morgan fingerprint density at radius 1 is 1.43 bits per heavy atom. The summed E-state index contributed by atoms with van der Waals surface area (Å²) in [6.07, 6.45) is 0. The van der Waals surface area contributed by atoms with Gasteiger partial charge in [-0.15, -0.1) is 0 Å². The van der Waals surface area contributed by atoms with Crippen molar-refractivity contribution in [1.29, 1.82) is 0 Å². The third-order valence-corrected chi connectivity index (χ3v) is 1.55. The van der Waals surface area contributed by atoms with Gasteiger partial charge in [-0.3, -0.25) is 10.1 Å². The molecule has 0 saturated carbocycles. The predicted molar refractivity (Wildman–Crippen MR) is 48.7 cm³/mol.